The van der Waals surface area contributed by atoms with Crippen LogP contribution in [0.1, 0.15) is 5.56 Å². The lowest BCUT2D eigenvalue weighted by Crippen LogP contribution is -2.35. The predicted octanol–water partition coefficient (Wildman–Crippen LogP) is 2.90. The van der Waals surface area contributed by atoms with Crippen molar-refractivity contribution in [2.45, 2.75) is 6.92 Å². The summed E-state index contributed by atoms with van der Waals surface area (Å²) in [5, 5.41) is 0.333. The zero-order valence-corrected chi connectivity index (χ0v) is 12.2. The first-order valence-electron chi connectivity index (χ1n) is 4.88. The number of nitrogens with zero attached hydrogens (tertiary/aromatic N) is 1. The van der Waals surface area contributed by atoms with E-state index in [1.54, 1.807) is 18.2 Å². The van der Waals surface area contributed by atoms with E-state index in [0.29, 0.717) is 15.2 Å². The van der Waals surface area contributed by atoms with E-state index in [9.17, 15) is 9.59 Å². The van der Waals surface area contributed by atoms with Gasteiger partial charge < -0.3 is 0 Å². The topological polar surface area (TPSA) is 54.9 Å². The summed E-state index contributed by atoms with van der Waals surface area (Å²) in [4.78, 5) is 26.3. The summed E-state index contributed by atoms with van der Waals surface area (Å²) in [7, 11) is 0. The highest BCUT2D eigenvalue weighted by Crippen LogP contribution is 2.22. The first-order valence-corrected chi connectivity index (χ1v) is 6.43. The quantitative estimate of drug-likeness (QED) is 0.805. The molecular weight excluding hydrogens is 343 g/mol. The number of H-pyrrole nitrogens is 1. The number of aromatic amines is 1. The Hall–Kier alpha value is -1.04. The maximum absolute atomic E-state index is 12.1. The number of hydrogen-bond acceptors (Lipinski definition) is 2. The summed E-state index contributed by atoms with van der Waals surface area (Å²) < 4.78 is 1.66. The Bertz CT molecular complexity index is 737. The summed E-state index contributed by atoms with van der Waals surface area (Å²) in [5.41, 5.74) is -0.566. The van der Waals surface area contributed by atoms with Crippen molar-refractivity contribution >= 4 is 39.1 Å². The van der Waals surface area contributed by atoms with E-state index in [0.717, 1.165) is 4.57 Å². The Morgan fingerprint density at radius 2 is 1.94 bits per heavy atom. The van der Waals surface area contributed by atoms with Crippen molar-refractivity contribution in [2.24, 2.45) is 0 Å². The maximum atomic E-state index is 12.1. The Labute approximate surface area is 120 Å². The normalized spacial score (nSPS) is 10.7. The number of hydrogen-bond donors (Lipinski definition) is 1. The van der Waals surface area contributed by atoms with E-state index in [1.165, 1.54) is 6.92 Å². The highest BCUT2D eigenvalue weighted by atomic mass is 79.9. The summed E-state index contributed by atoms with van der Waals surface area (Å²) in [6.07, 6.45) is 0. The molecule has 0 atom stereocenters. The smallest absolute Gasteiger partial charge is 0.297 e. The van der Waals surface area contributed by atoms with Crippen molar-refractivity contribution in [1.29, 1.82) is 0 Å². The molecule has 0 aliphatic heterocycles. The lowest BCUT2D eigenvalue weighted by molar-refractivity contribution is 0.859. The Balaban J connectivity index is 2.88. The van der Waals surface area contributed by atoms with Crippen molar-refractivity contribution in [1.82, 2.24) is 9.55 Å². The third kappa shape index (κ3) is 2.25. The predicted molar refractivity (Wildman–Crippen MR) is 75.1 cm³/mol. The van der Waals surface area contributed by atoms with Gasteiger partial charge in [0.1, 0.15) is 5.15 Å². The molecule has 7 heteroatoms. The van der Waals surface area contributed by atoms with Crippen molar-refractivity contribution in [3.63, 3.8) is 0 Å². The van der Waals surface area contributed by atoms with Crippen molar-refractivity contribution in [3.05, 3.63) is 59.2 Å². The summed E-state index contributed by atoms with van der Waals surface area (Å²) in [5.74, 6) is 0. The van der Waals surface area contributed by atoms with Crippen LogP contribution in [-0.4, -0.2) is 9.55 Å². The van der Waals surface area contributed by atoms with Gasteiger partial charge in [0.15, 0.2) is 0 Å². The number of nitrogens with one attached hydrogen (secondary N) is 1. The molecular formula is C11H7BrCl2N2O2. The SMILES string of the molecule is Cc1c(Cl)[nH]c(=O)n(-c2cc(Br)ccc2Cl)c1=O. The van der Waals surface area contributed by atoms with Gasteiger partial charge in [0.05, 0.1) is 16.3 Å². The fourth-order valence-corrected chi connectivity index (χ4v) is 2.19. The van der Waals surface area contributed by atoms with E-state index < -0.39 is 11.2 Å². The first kappa shape index (κ1) is 13.4. The highest BCUT2D eigenvalue weighted by Gasteiger charge is 2.13. The molecule has 0 radical (unpaired) electrons. The van der Waals surface area contributed by atoms with E-state index in [2.05, 4.69) is 20.9 Å². The minimum Gasteiger partial charge on any atom is -0.297 e. The van der Waals surface area contributed by atoms with Gasteiger partial charge in [-0.2, -0.15) is 0 Å². The van der Waals surface area contributed by atoms with E-state index in [-0.39, 0.29) is 10.7 Å². The average Bonchev–Trinajstić information content (AvgIpc) is 2.31. The molecule has 1 aromatic heterocycles. The summed E-state index contributed by atoms with van der Waals surface area (Å²) in [6, 6.07) is 4.90. The zero-order chi connectivity index (χ0) is 13.4. The van der Waals surface area contributed by atoms with Crippen LogP contribution < -0.4 is 11.2 Å². The van der Waals surface area contributed by atoms with E-state index >= 15 is 0 Å². The molecule has 2 rings (SSSR count). The van der Waals surface area contributed by atoms with Crippen molar-refractivity contribution in [2.75, 3.05) is 0 Å². The second-order valence-corrected chi connectivity index (χ2v) is 5.31. The molecule has 0 bridgehead atoms. The Morgan fingerprint density at radius 3 is 2.61 bits per heavy atom. The first-order chi connectivity index (χ1) is 8.41. The molecule has 1 heterocycles. The van der Waals surface area contributed by atoms with Crippen molar-refractivity contribution < 1.29 is 0 Å². The summed E-state index contributed by atoms with van der Waals surface area (Å²) in [6.45, 7) is 1.53. The number of halogens is 3. The molecule has 0 unspecified atom stereocenters. The van der Waals surface area contributed by atoms with Gasteiger partial charge in [-0.15, -0.1) is 0 Å². The molecule has 0 fully saturated rings. The van der Waals surface area contributed by atoms with Crippen LogP contribution in [-0.2, 0) is 0 Å². The molecule has 0 spiro atoms. The molecule has 0 saturated carbocycles. The fourth-order valence-electron chi connectivity index (χ4n) is 1.47. The largest absolute Gasteiger partial charge is 0.334 e. The molecule has 0 aliphatic carbocycles. The minimum absolute atomic E-state index is 0.0346. The third-order valence-corrected chi connectivity index (χ3v) is 3.61. The van der Waals surface area contributed by atoms with E-state index in [4.69, 9.17) is 23.2 Å². The molecule has 4 nitrogen and oxygen atoms in total. The van der Waals surface area contributed by atoms with Gasteiger partial charge in [0, 0.05) is 4.47 Å². The van der Waals surface area contributed by atoms with Crippen LogP contribution in [0.2, 0.25) is 10.2 Å². The molecule has 0 saturated heterocycles. The van der Waals surface area contributed by atoms with Gasteiger partial charge in [0.2, 0.25) is 0 Å². The van der Waals surface area contributed by atoms with Gasteiger partial charge in [-0.05, 0) is 25.1 Å². The molecule has 2 aromatic rings. The average molecular weight is 350 g/mol. The van der Waals surface area contributed by atoms with Crippen LogP contribution in [0.4, 0.5) is 0 Å². The van der Waals surface area contributed by atoms with Gasteiger partial charge in [0.25, 0.3) is 5.56 Å². The zero-order valence-electron chi connectivity index (χ0n) is 9.13. The molecule has 18 heavy (non-hydrogen) atoms. The monoisotopic (exact) mass is 348 g/mol. The van der Waals surface area contributed by atoms with Crippen LogP contribution in [0.3, 0.4) is 0 Å². The van der Waals surface area contributed by atoms with Crippen LogP contribution in [0, 0.1) is 6.92 Å². The molecule has 94 valence electrons. The van der Waals surface area contributed by atoms with Gasteiger partial charge in [-0.25, -0.2) is 9.36 Å². The fraction of sp³-hybridized carbons (Fsp3) is 0.0909. The van der Waals surface area contributed by atoms with Crippen molar-refractivity contribution in [3.8, 4) is 5.69 Å². The Kier molecular flexibility index (Phi) is 3.66. The van der Waals surface area contributed by atoms with Crippen LogP contribution in [0.25, 0.3) is 5.69 Å². The van der Waals surface area contributed by atoms with Crippen LogP contribution in [0.5, 0.6) is 0 Å². The third-order valence-electron chi connectivity index (χ3n) is 2.42. The number of rotatable bonds is 1. The molecule has 0 amide bonds. The second kappa shape index (κ2) is 4.91. The van der Waals surface area contributed by atoms with Crippen LogP contribution >= 0.6 is 39.1 Å². The lowest BCUT2D eigenvalue weighted by Gasteiger charge is -2.08. The van der Waals surface area contributed by atoms with Gasteiger partial charge in [-0.1, -0.05) is 39.1 Å². The Morgan fingerprint density at radius 1 is 1.28 bits per heavy atom. The molecule has 1 aromatic carbocycles. The van der Waals surface area contributed by atoms with Gasteiger partial charge in [-0.3, -0.25) is 9.78 Å². The number of aromatic nitrogens is 2. The van der Waals surface area contributed by atoms with E-state index in [1.807, 2.05) is 0 Å². The molecule has 0 aliphatic rings. The number of benzene rings is 1. The molecule has 1 N–H and O–H groups in total. The summed E-state index contributed by atoms with van der Waals surface area (Å²) >= 11 is 15.0. The standard InChI is InChI=1S/C11H7BrCl2N2O2/c1-5-9(14)15-11(18)16(10(5)17)8-4-6(12)2-3-7(8)13/h2-4H,1H3,(H,15,18). The van der Waals surface area contributed by atoms with Crippen LogP contribution in [0.15, 0.2) is 32.3 Å². The lowest BCUT2D eigenvalue weighted by atomic mass is 10.3. The second-order valence-electron chi connectivity index (χ2n) is 3.61. The van der Waals surface area contributed by atoms with Gasteiger partial charge >= 0.3 is 5.69 Å². The minimum atomic E-state index is -0.629. The maximum Gasteiger partial charge on any atom is 0.334 e. The highest BCUT2D eigenvalue weighted by molar-refractivity contribution is 9.10.